The van der Waals surface area contributed by atoms with Crippen LogP contribution in [0.4, 0.5) is 13.2 Å². The number of esters is 1. The summed E-state index contributed by atoms with van der Waals surface area (Å²) in [4.78, 5) is 29.1. The maximum Gasteiger partial charge on any atom is 0.416 e. The van der Waals surface area contributed by atoms with E-state index in [0.717, 1.165) is 19.2 Å². The quantitative estimate of drug-likeness (QED) is 0.660. The van der Waals surface area contributed by atoms with Gasteiger partial charge in [0.1, 0.15) is 6.04 Å². The average Bonchev–Trinajstić information content (AvgIpc) is 2.71. The van der Waals surface area contributed by atoms with Crippen molar-refractivity contribution in [3.8, 4) is 0 Å². The Morgan fingerprint density at radius 1 is 1.10 bits per heavy atom. The largest absolute Gasteiger partial charge is 0.467 e. The molecular weight excluding hydrogens is 385 g/mol. The monoisotopic (exact) mass is 402 g/mol. The number of hydrogen-bond donors (Lipinski definition) is 1. The zero-order valence-corrected chi connectivity index (χ0v) is 15.4. The van der Waals surface area contributed by atoms with Crippen LogP contribution in [-0.2, 0) is 22.1 Å². The Balaban J connectivity index is 1.86. The first-order valence-corrected chi connectivity index (χ1v) is 8.68. The second-order valence-corrected chi connectivity index (χ2v) is 6.33. The van der Waals surface area contributed by atoms with Crippen LogP contribution >= 0.6 is 0 Å². The van der Waals surface area contributed by atoms with Crippen molar-refractivity contribution in [2.45, 2.75) is 18.6 Å². The van der Waals surface area contributed by atoms with Gasteiger partial charge in [-0.05, 0) is 23.8 Å². The lowest BCUT2D eigenvalue weighted by Gasteiger charge is -2.18. The number of nitrogens with zero attached hydrogens (tertiary/aromatic N) is 1. The van der Waals surface area contributed by atoms with Gasteiger partial charge in [-0.15, -0.1) is 0 Å². The van der Waals surface area contributed by atoms with E-state index in [1.165, 1.54) is 24.4 Å². The molecule has 3 aromatic rings. The first-order valence-electron chi connectivity index (χ1n) is 8.68. The molecule has 29 heavy (non-hydrogen) atoms. The number of rotatable bonds is 5. The summed E-state index contributed by atoms with van der Waals surface area (Å²) in [5.74, 6) is -1.31. The molecule has 1 heterocycles. The number of carbonyl (C=O) groups excluding carboxylic acids is 2. The Kier molecular flexibility index (Phi) is 5.81. The van der Waals surface area contributed by atoms with Gasteiger partial charge in [0.05, 0.1) is 23.8 Å². The van der Waals surface area contributed by atoms with Gasteiger partial charge in [0.15, 0.2) is 0 Å². The summed E-state index contributed by atoms with van der Waals surface area (Å²) in [5, 5.41) is 3.15. The van der Waals surface area contributed by atoms with Gasteiger partial charge in [0, 0.05) is 18.0 Å². The summed E-state index contributed by atoms with van der Waals surface area (Å²) in [5.41, 5.74) is 0.321. The minimum atomic E-state index is -4.50. The molecule has 0 aliphatic heterocycles. The second kappa shape index (κ2) is 8.30. The summed E-state index contributed by atoms with van der Waals surface area (Å²) in [6, 6.07) is 12.0. The van der Waals surface area contributed by atoms with Crippen molar-refractivity contribution in [1.82, 2.24) is 10.3 Å². The van der Waals surface area contributed by atoms with Crippen LogP contribution in [-0.4, -0.2) is 30.0 Å². The zero-order valence-electron chi connectivity index (χ0n) is 15.4. The van der Waals surface area contributed by atoms with Crippen molar-refractivity contribution in [2.75, 3.05) is 7.11 Å². The van der Waals surface area contributed by atoms with E-state index in [1.54, 1.807) is 24.3 Å². The summed E-state index contributed by atoms with van der Waals surface area (Å²) in [7, 11) is 1.15. The number of halogens is 3. The number of ether oxygens (including phenoxy) is 1. The number of fused-ring (bicyclic) bond motifs is 1. The van der Waals surface area contributed by atoms with Gasteiger partial charge in [-0.25, -0.2) is 4.79 Å². The lowest BCUT2D eigenvalue weighted by molar-refractivity contribution is -0.142. The Hall–Kier alpha value is -3.42. The Morgan fingerprint density at radius 2 is 1.86 bits per heavy atom. The molecular formula is C21H17F3N2O3. The van der Waals surface area contributed by atoms with Crippen LogP contribution in [0.5, 0.6) is 0 Å². The molecule has 0 unspecified atom stereocenters. The van der Waals surface area contributed by atoms with Gasteiger partial charge >= 0.3 is 12.1 Å². The maximum absolute atomic E-state index is 12.9. The number of amides is 1. The number of carbonyl (C=O) groups is 2. The highest BCUT2D eigenvalue weighted by atomic mass is 19.4. The van der Waals surface area contributed by atoms with Gasteiger partial charge in [0.2, 0.25) is 0 Å². The Bertz CT molecular complexity index is 1050. The van der Waals surface area contributed by atoms with E-state index in [1.807, 2.05) is 0 Å². The number of nitrogens with one attached hydrogen (secondary N) is 1. The lowest BCUT2D eigenvalue weighted by atomic mass is 10.0. The smallest absolute Gasteiger partial charge is 0.416 e. The van der Waals surface area contributed by atoms with Crippen molar-refractivity contribution in [3.63, 3.8) is 0 Å². The molecule has 150 valence electrons. The van der Waals surface area contributed by atoms with Crippen molar-refractivity contribution in [2.24, 2.45) is 0 Å². The van der Waals surface area contributed by atoms with Crippen molar-refractivity contribution in [3.05, 3.63) is 77.5 Å². The fourth-order valence-corrected chi connectivity index (χ4v) is 2.98. The summed E-state index contributed by atoms with van der Waals surface area (Å²) >= 11 is 0. The van der Waals surface area contributed by atoms with Crippen molar-refractivity contribution >= 4 is 22.8 Å². The molecule has 0 saturated heterocycles. The molecule has 8 heteroatoms. The predicted octanol–water partition coefficient (Wildman–Crippen LogP) is 3.77. The molecule has 1 aromatic heterocycles. The highest BCUT2D eigenvalue weighted by molar-refractivity contribution is 6.07. The van der Waals surface area contributed by atoms with Crippen LogP contribution in [0.15, 0.2) is 60.8 Å². The van der Waals surface area contributed by atoms with Crippen LogP contribution < -0.4 is 5.32 Å². The molecule has 2 aromatic carbocycles. The van der Waals surface area contributed by atoms with E-state index in [-0.39, 0.29) is 12.0 Å². The normalized spacial score (nSPS) is 12.4. The molecule has 0 aliphatic carbocycles. The van der Waals surface area contributed by atoms with Crippen LogP contribution in [0.25, 0.3) is 10.9 Å². The molecule has 0 fully saturated rings. The fourth-order valence-electron chi connectivity index (χ4n) is 2.98. The fraction of sp³-hybridized carbons (Fsp3) is 0.190. The molecule has 0 aliphatic rings. The molecule has 0 spiro atoms. The predicted molar refractivity (Wildman–Crippen MR) is 100 cm³/mol. The van der Waals surface area contributed by atoms with E-state index in [9.17, 15) is 22.8 Å². The first kappa shape index (κ1) is 20.3. The Morgan fingerprint density at radius 3 is 2.59 bits per heavy atom. The molecule has 0 saturated carbocycles. The van der Waals surface area contributed by atoms with E-state index in [2.05, 4.69) is 10.3 Å². The standard InChI is InChI=1S/C21H17F3N2O3/c1-29-20(28)18(12-13-5-4-6-14(11-13)21(22,23)24)26-19(27)16-9-10-25-17-8-3-2-7-15(16)17/h2-11,18H,12H2,1H3,(H,26,27)/t18-/m0/s1. The van der Waals surface area contributed by atoms with Gasteiger partial charge in [-0.1, -0.05) is 36.4 Å². The SMILES string of the molecule is COC(=O)[C@H](Cc1cccc(C(F)(F)F)c1)NC(=O)c1ccnc2ccccc12. The zero-order chi connectivity index (χ0) is 21.0. The van der Waals surface area contributed by atoms with E-state index < -0.39 is 29.7 Å². The van der Waals surface area contributed by atoms with Crippen LogP contribution in [0.1, 0.15) is 21.5 Å². The minimum absolute atomic E-state index is 0.147. The molecule has 0 bridgehead atoms. The van der Waals surface area contributed by atoms with Crippen LogP contribution in [0.3, 0.4) is 0 Å². The van der Waals surface area contributed by atoms with Gasteiger partial charge in [0.25, 0.3) is 5.91 Å². The van der Waals surface area contributed by atoms with Gasteiger partial charge in [-0.3, -0.25) is 9.78 Å². The average molecular weight is 402 g/mol. The first-order chi connectivity index (χ1) is 13.8. The van der Waals surface area contributed by atoms with E-state index >= 15 is 0 Å². The summed E-state index contributed by atoms with van der Waals surface area (Å²) in [6.45, 7) is 0. The van der Waals surface area contributed by atoms with Gasteiger partial charge < -0.3 is 10.1 Å². The third-order valence-corrected chi connectivity index (χ3v) is 4.38. The number of methoxy groups -OCH3 is 1. The molecule has 1 atom stereocenters. The number of hydrogen-bond acceptors (Lipinski definition) is 4. The van der Waals surface area contributed by atoms with Crippen LogP contribution in [0, 0.1) is 0 Å². The molecule has 5 nitrogen and oxygen atoms in total. The number of pyridine rings is 1. The Labute approximate surface area is 164 Å². The highest BCUT2D eigenvalue weighted by Crippen LogP contribution is 2.29. The molecule has 3 rings (SSSR count). The maximum atomic E-state index is 12.9. The van der Waals surface area contributed by atoms with Crippen molar-refractivity contribution < 1.29 is 27.5 Å². The number of para-hydroxylation sites is 1. The number of benzene rings is 2. The lowest BCUT2D eigenvalue weighted by Crippen LogP contribution is -2.43. The topological polar surface area (TPSA) is 68.3 Å². The molecule has 0 radical (unpaired) electrons. The third kappa shape index (κ3) is 4.71. The number of aromatic nitrogens is 1. The highest BCUT2D eigenvalue weighted by Gasteiger charge is 2.31. The minimum Gasteiger partial charge on any atom is -0.467 e. The van der Waals surface area contributed by atoms with E-state index in [4.69, 9.17) is 4.74 Å². The number of alkyl halides is 3. The van der Waals surface area contributed by atoms with Crippen molar-refractivity contribution in [1.29, 1.82) is 0 Å². The second-order valence-electron chi connectivity index (χ2n) is 6.33. The van der Waals surface area contributed by atoms with E-state index in [0.29, 0.717) is 16.5 Å². The van der Waals surface area contributed by atoms with Crippen LogP contribution in [0.2, 0.25) is 0 Å². The molecule has 1 amide bonds. The summed E-state index contributed by atoms with van der Waals surface area (Å²) in [6.07, 6.45) is -3.18. The summed E-state index contributed by atoms with van der Waals surface area (Å²) < 4.78 is 43.5. The molecule has 1 N–H and O–H groups in total. The van der Waals surface area contributed by atoms with Gasteiger partial charge in [-0.2, -0.15) is 13.2 Å². The third-order valence-electron chi connectivity index (χ3n) is 4.38.